The first-order chi connectivity index (χ1) is 7.53. The maximum Gasteiger partial charge on any atom is 0.0393 e. The zero-order valence-electron chi connectivity index (χ0n) is 10.4. The lowest BCUT2D eigenvalue weighted by Gasteiger charge is -2.25. The predicted molar refractivity (Wildman–Crippen MR) is 71.2 cm³/mol. The van der Waals surface area contributed by atoms with Crippen LogP contribution in [0.15, 0.2) is 18.3 Å². The van der Waals surface area contributed by atoms with Gasteiger partial charge in [-0.3, -0.25) is 4.98 Å². The van der Waals surface area contributed by atoms with Crippen LogP contribution in [-0.2, 0) is 0 Å². The monoisotopic (exact) mass is 240 g/mol. The molecule has 1 N–H and O–H groups in total. The summed E-state index contributed by atoms with van der Waals surface area (Å²) in [5.41, 5.74) is 2.47. The van der Waals surface area contributed by atoms with E-state index in [1.807, 2.05) is 19.2 Å². The van der Waals surface area contributed by atoms with Crippen LogP contribution in [0.2, 0.25) is 0 Å². The van der Waals surface area contributed by atoms with Crippen molar-refractivity contribution in [1.82, 2.24) is 4.98 Å². The Morgan fingerprint density at radius 2 is 2.19 bits per heavy atom. The molecule has 0 fully saturated rings. The summed E-state index contributed by atoms with van der Waals surface area (Å²) in [6, 6.07) is 4.07. The molecule has 0 saturated carbocycles. The van der Waals surface area contributed by atoms with Crippen LogP contribution in [0.1, 0.15) is 32.4 Å². The van der Waals surface area contributed by atoms with E-state index in [1.54, 1.807) is 0 Å². The van der Waals surface area contributed by atoms with Crippen molar-refractivity contribution in [2.24, 2.45) is 5.41 Å². The van der Waals surface area contributed by atoms with E-state index in [1.165, 1.54) is 0 Å². The summed E-state index contributed by atoms with van der Waals surface area (Å²) in [6.45, 7) is 7.50. The summed E-state index contributed by atoms with van der Waals surface area (Å²) in [6.07, 6.45) is 4.06. The Morgan fingerprint density at radius 1 is 1.44 bits per heavy atom. The minimum Gasteiger partial charge on any atom is -0.384 e. The summed E-state index contributed by atoms with van der Waals surface area (Å²) in [4.78, 5) is 4.18. The van der Waals surface area contributed by atoms with Gasteiger partial charge in [0.1, 0.15) is 0 Å². The lowest BCUT2D eigenvalue weighted by atomic mass is 9.88. The second-order valence-corrected chi connectivity index (χ2v) is 5.37. The normalized spacial score (nSPS) is 11.5. The molecule has 0 saturated heterocycles. The SMILES string of the molecule is Cc1cc(NCC(C)(C)CCCCl)ccn1. The highest BCUT2D eigenvalue weighted by Gasteiger charge is 2.16. The second kappa shape index (κ2) is 6.09. The van der Waals surface area contributed by atoms with E-state index in [0.29, 0.717) is 0 Å². The van der Waals surface area contributed by atoms with Crippen LogP contribution in [0.3, 0.4) is 0 Å². The number of halogens is 1. The Morgan fingerprint density at radius 3 is 2.81 bits per heavy atom. The van der Waals surface area contributed by atoms with Crippen molar-refractivity contribution in [2.45, 2.75) is 33.6 Å². The molecular weight excluding hydrogens is 220 g/mol. The quantitative estimate of drug-likeness (QED) is 0.764. The van der Waals surface area contributed by atoms with Gasteiger partial charge in [-0.25, -0.2) is 0 Å². The van der Waals surface area contributed by atoms with Gasteiger partial charge in [0.05, 0.1) is 0 Å². The van der Waals surface area contributed by atoms with Gasteiger partial charge in [0.25, 0.3) is 0 Å². The number of pyridine rings is 1. The Hall–Kier alpha value is -0.760. The van der Waals surface area contributed by atoms with Crippen LogP contribution in [0, 0.1) is 12.3 Å². The lowest BCUT2D eigenvalue weighted by Crippen LogP contribution is -2.23. The fourth-order valence-electron chi connectivity index (χ4n) is 1.63. The van der Waals surface area contributed by atoms with Gasteiger partial charge in [0.2, 0.25) is 0 Å². The summed E-state index contributed by atoms with van der Waals surface area (Å²) >= 11 is 5.72. The molecule has 16 heavy (non-hydrogen) atoms. The number of nitrogens with zero attached hydrogens (tertiary/aromatic N) is 1. The topological polar surface area (TPSA) is 24.9 Å². The highest BCUT2D eigenvalue weighted by Crippen LogP contribution is 2.23. The molecule has 1 heterocycles. The van der Waals surface area contributed by atoms with Crippen molar-refractivity contribution in [3.8, 4) is 0 Å². The zero-order valence-corrected chi connectivity index (χ0v) is 11.1. The number of alkyl halides is 1. The fourth-order valence-corrected chi connectivity index (χ4v) is 1.76. The van der Waals surface area contributed by atoms with Gasteiger partial charge < -0.3 is 5.32 Å². The van der Waals surface area contributed by atoms with Gasteiger partial charge in [0, 0.05) is 30.0 Å². The number of nitrogens with one attached hydrogen (secondary N) is 1. The molecule has 0 unspecified atom stereocenters. The van der Waals surface area contributed by atoms with Crippen molar-refractivity contribution >= 4 is 17.3 Å². The Kier molecular flexibility index (Phi) is 5.07. The molecule has 0 aliphatic heterocycles. The van der Waals surface area contributed by atoms with E-state index in [-0.39, 0.29) is 5.41 Å². The third kappa shape index (κ3) is 4.84. The molecule has 0 bridgehead atoms. The Labute approximate surface area is 103 Å². The third-order valence-corrected chi connectivity index (χ3v) is 2.92. The standard InChI is InChI=1S/C13H21ClN2/c1-11-9-12(5-8-15-11)16-10-13(2,3)6-4-7-14/h5,8-9H,4,6-7,10H2,1-3H3,(H,15,16). The molecule has 3 heteroatoms. The lowest BCUT2D eigenvalue weighted by molar-refractivity contribution is 0.355. The van der Waals surface area contributed by atoms with Gasteiger partial charge in [-0.1, -0.05) is 13.8 Å². The molecule has 0 aliphatic carbocycles. The maximum absolute atomic E-state index is 5.72. The van der Waals surface area contributed by atoms with Crippen molar-refractivity contribution in [3.63, 3.8) is 0 Å². The van der Waals surface area contributed by atoms with E-state index >= 15 is 0 Å². The molecule has 1 aromatic rings. The second-order valence-electron chi connectivity index (χ2n) is 5.00. The first-order valence-electron chi connectivity index (χ1n) is 5.76. The number of rotatable bonds is 6. The molecular formula is C13H21ClN2. The molecule has 0 radical (unpaired) electrons. The van der Waals surface area contributed by atoms with Gasteiger partial charge in [-0.15, -0.1) is 11.6 Å². The molecule has 90 valence electrons. The van der Waals surface area contributed by atoms with Crippen molar-refractivity contribution in [2.75, 3.05) is 17.7 Å². The smallest absolute Gasteiger partial charge is 0.0393 e. The van der Waals surface area contributed by atoms with Crippen LogP contribution < -0.4 is 5.32 Å². The summed E-state index contributed by atoms with van der Waals surface area (Å²) < 4.78 is 0. The highest BCUT2D eigenvalue weighted by molar-refractivity contribution is 6.17. The Bertz CT molecular complexity index is 323. The van der Waals surface area contributed by atoms with Crippen molar-refractivity contribution in [3.05, 3.63) is 24.0 Å². The molecule has 0 aromatic carbocycles. The Balaban J connectivity index is 2.44. The highest BCUT2D eigenvalue weighted by atomic mass is 35.5. The third-order valence-electron chi connectivity index (χ3n) is 2.65. The molecule has 1 rings (SSSR count). The maximum atomic E-state index is 5.72. The van der Waals surface area contributed by atoms with E-state index in [9.17, 15) is 0 Å². The van der Waals surface area contributed by atoms with E-state index in [4.69, 9.17) is 11.6 Å². The van der Waals surface area contributed by atoms with Gasteiger partial charge in [0.15, 0.2) is 0 Å². The first-order valence-corrected chi connectivity index (χ1v) is 6.29. The average molecular weight is 241 g/mol. The van der Waals surface area contributed by atoms with E-state index < -0.39 is 0 Å². The van der Waals surface area contributed by atoms with Crippen molar-refractivity contribution < 1.29 is 0 Å². The summed E-state index contributed by atoms with van der Waals surface area (Å²) in [7, 11) is 0. The molecule has 2 nitrogen and oxygen atoms in total. The van der Waals surface area contributed by atoms with Crippen LogP contribution in [0.4, 0.5) is 5.69 Å². The predicted octanol–water partition coefficient (Wildman–Crippen LogP) is 3.85. The number of hydrogen-bond donors (Lipinski definition) is 1. The number of aromatic nitrogens is 1. The molecule has 0 atom stereocenters. The van der Waals surface area contributed by atoms with E-state index in [0.717, 1.165) is 36.6 Å². The van der Waals surface area contributed by atoms with Gasteiger partial charge in [-0.05, 0) is 37.3 Å². The summed E-state index contributed by atoms with van der Waals surface area (Å²) in [5.74, 6) is 0.748. The van der Waals surface area contributed by atoms with Gasteiger partial charge >= 0.3 is 0 Å². The van der Waals surface area contributed by atoms with Crippen LogP contribution in [-0.4, -0.2) is 17.4 Å². The van der Waals surface area contributed by atoms with Gasteiger partial charge in [-0.2, -0.15) is 0 Å². The number of aryl methyl sites for hydroxylation is 1. The molecule has 0 aliphatic rings. The average Bonchev–Trinajstić information content (AvgIpc) is 2.24. The zero-order chi connectivity index (χ0) is 12.0. The van der Waals surface area contributed by atoms with Crippen LogP contribution >= 0.6 is 11.6 Å². The minimum absolute atomic E-state index is 0.284. The largest absolute Gasteiger partial charge is 0.384 e. The molecule has 1 aromatic heterocycles. The number of hydrogen-bond acceptors (Lipinski definition) is 2. The first kappa shape index (κ1) is 13.3. The molecule has 0 spiro atoms. The van der Waals surface area contributed by atoms with Crippen LogP contribution in [0.5, 0.6) is 0 Å². The minimum atomic E-state index is 0.284. The van der Waals surface area contributed by atoms with Crippen LogP contribution in [0.25, 0.3) is 0 Å². The van der Waals surface area contributed by atoms with Crippen molar-refractivity contribution in [1.29, 1.82) is 0 Å². The summed E-state index contributed by atoms with van der Waals surface area (Å²) in [5, 5.41) is 3.45. The fraction of sp³-hybridized carbons (Fsp3) is 0.615. The number of anilines is 1. The molecule has 0 amide bonds. The van der Waals surface area contributed by atoms with E-state index in [2.05, 4.69) is 30.2 Å².